The molecule has 0 unspecified atom stereocenters. The Morgan fingerprint density at radius 2 is 2.15 bits per heavy atom. The van der Waals surface area contributed by atoms with E-state index in [2.05, 4.69) is 0 Å². The molecule has 13 heavy (non-hydrogen) atoms. The van der Waals surface area contributed by atoms with Gasteiger partial charge in [0.05, 0.1) is 6.10 Å². The second-order valence-corrected chi connectivity index (χ2v) is 4.20. The van der Waals surface area contributed by atoms with Crippen LogP contribution in [0.3, 0.4) is 0 Å². The summed E-state index contributed by atoms with van der Waals surface area (Å²) in [5.41, 5.74) is -4.13. The Labute approximate surface area is 79.1 Å². The summed E-state index contributed by atoms with van der Waals surface area (Å²) in [6, 6.07) is 0. The van der Waals surface area contributed by atoms with Gasteiger partial charge in [-0.1, -0.05) is 0 Å². The maximum absolute atomic E-state index is 11.7. The Kier molecular flexibility index (Phi) is 3.87. The maximum atomic E-state index is 11.7. The van der Waals surface area contributed by atoms with Gasteiger partial charge in [0.2, 0.25) is 0 Å². The van der Waals surface area contributed by atoms with Crippen LogP contribution in [0.5, 0.6) is 0 Å². The maximum Gasteiger partial charge on any atom is 0.441 e. The van der Waals surface area contributed by atoms with Crippen LogP contribution in [-0.4, -0.2) is 47.0 Å². The molecule has 1 aliphatic rings. The highest BCUT2D eigenvalue weighted by Crippen LogP contribution is 2.30. The number of thioether (sulfide) groups is 1. The molecule has 78 valence electrons. The SMILES string of the molecule is O[C@@H]1CCN(CCSC(F)(F)F)C1. The van der Waals surface area contributed by atoms with E-state index in [4.69, 9.17) is 5.11 Å². The largest absolute Gasteiger partial charge is 0.441 e. The second kappa shape index (κ2) is 4.52. The van der Waals surface area contributed by atoms with Crippen molar-refractivity contribution in [2.24, 2.45) is 0 Å². The quantitative estimate of drug-likeness (QED) is 0.767. The van der Waals surface area contributed by atoms with Crippen molar-refractivity contribution in [1.29, 1.82) is 0 Å². The van der Waals surface area contributed by atoms with Gasteiger partial charge in [0.15, 0.2) is 0 Å². The van der Waals surface area contributed by atoms with Crippen LogP contribution in [0.15, 0.2) is 0 Å². The Morgan fingerprint density at radius 1 is 1.46 bits per heavy atom. The summed E-state index contributed by atoms with van der Waals surface area (Å²) in [6.07, 6.45) is 0.326. The monoisotopic (exact) mass is 215 g/mol. The molecule has 1 N–H and O–H groups in total. The first-order valence-corrected chi connectivity index (χ1v) is 5.07. The van der Waals surface area contributed by atoms with Crippen LogP contribution in [0, 0.1) is 0 Å². The Hall–Kier alpha value is 0.0600. The van der Waals surface area contributed by atoms with Crippen LogP contribution in [0.2, 0.25) is 0 Å². The van der Waals surface area contributed by atoms with Crippen LogP contribution in [-0.2, 0) is 0 Å². The van der Waals surface area contributed by atoms with E-state index in [9.17, 15) is 13.2 Å². The number of halogens is 3. The standard InChI is InChI=1S/C7H12F3NOS/c8-7(9,10)13-4-3-11-2-1-6(12)5-11/h6,12H,1-5H2/t6-/m1/s1. The number of rotatable bonds is 3. The highest BCUT2D eigenvalue weighted by molar-refractivity contribution is 8.00. The molecule has 0 aromatic heterocycles. The van der Waals surface area contributed by atoms with Gasteiger partial charge in [-0.25, -0.2) is 0 Å². The minimum Gasteiger partial charge on any atom is -0.392 e. The number of aliphatic hydroxyl groups excluding tert-OH is 1. The van der Waals surface area contributed by atoms with Crippen molar-refractivity contribution in [2.45, 2.75) is 18.0 Å². The number of hydrogen-bond donors (Lipinski definition) is 1. The number of β-amino-alcohol motifs (C(OH)–C–C–N with tert-alkyl or cyclic N) is 1. The van der Waals surface area contributed by atoms with Crippen molar-refractivity contribution in [2.75, 3.05) is 25.4 Å². The molecular weight excluding hydrogens is 203 g/mol. The number of hydrogen-bond acceptors (Lipinski definition) is 3. The smallest absolute Gasteiger partial charge is 0.392 e. The van der Waals surface area contributed by atoms with Crippen molar-refractivity contribution in [3.63, 3.8) is 0 Å². The first-order chi connectivity index (χ1) is 5.97. The van der Waals surface area contributed by atoms with Crippen LogP contribution in [0.1, 0.15) is 6.42 Å². The second-order valence-electron chi connectivity index (χ2n) is 3.04. The van der Waals surface area contributed by atoms with Gasteiger partial charge in [0.1, 0.15) is 0 Å². The van der Waals surface area contributed by atoms with E-state index in [1.54, 1.807) is 0 Å². The lowest BCUT2D eigenvalue weighted by Gasteiger charge is -2.14. The lowest BCUT2D eigenvalue weighted by Crippen LogP contribution is -2.25. The molecule has 1 heterocycles. The summed E-state index contributed by atoms with van der Waals surface area (Å²) in [6.45, 7) is 1.62. The molecule has 0 aliphatic carbocycles. The third kappa shape index (κ3) is 4.73. The molecule has 1 saturated heterocycles. The van der Waals surface area contributed by atoms with E-state index in [1.807, 2.05) is 4.90 Å². The fraction of sp³-hybridized carbons (Fsp3) is 1.00. The van der Waals surface area contributed by atoms with Crippen molar-refractivity contribution in [3.05, 3.63) is 0 Å². The molecular formula is C7H12F3NOS. The van der Waals surface area contributed by atoms with Crippen LogP contribution in [0.25, 0.3) is 0 Å². The van der Waals surface area contributed by atoms with E-state index in [0.29, 0.717) is 26.1 Å². The molecule has 0 amide bonds. The van der Waals surface area contributed by atoms with Crippen LogP contribution < -0.4 is 0 Å². The molecule has 0 saturated carbocycles. The molecule has 0 bridgehead atoms. The first-order valence-electron chi connectivity index (χ1n) is 4.08. The summed E-state index contributed by atoms with van der Waals surface area (Å²) in [4.78, 5) is 1.85. The van der Waals surface area contributed by atoms with E-state index < -0.39 is 5.51 Å². The third-order valence-electron chi connectivity index (χ3n) is 1.92. The Balaban J connectivity index is 2.07. The molecule has 0 radical (unpaired) electrons. The number of nitrogens with zero attached hydrogens (tertiary/aromatic N) is 1. The molecule has 1 fully saturated rings. The molecule has 2 nitrogen and oxygen atoms in total. The van der Waals surface area contributed by atoms with Crippen molar-refractivity contribution in [1.82, 2.24) is 4.90 Å². The summed E-state index contributed by atoms with van der Waals surface area (Å²) in [7, 11) is 0. The predicted octanol–water partition coefficient (Wildman–Crippen LogP) is 1.31. The van der Waals surface area contributed by atoms with Crippen molar-refractivity contribution in [3.8, 4) is 0 Å². The van der Waals surface area contributed by atoms with Gasteiger partial charge in [-0.05, 0) is 18.2 Å². The molecule has 6 heteroatoms. The van der Waals surface area contributed by atoms with Crippen LogP contribution >= 0.6 is 11.8 Å². The summed E-state index contributed by atoms with van der Waals surface area (Å²) >= 11 is -0.00165. The minimum absolute atomic E-state index is 0.00165. The zero-order valence-corrected chi connectivity index (χ0v) is 7.87. The van der Waals surface area contributed by atoms with Crippen molar-refractivity contribution >= 4 is 11.8 Å². The zero-order chi connectivity index (χ0) is 9.90. The number of aliphatic hydroxyl groups is 1. The van der Waals surface area contributed by atoms with E-state index in [0.717, 1.165) is 0 Å². The van der Waals surface area contributed by atoms with Gasteiger partial charge in [0.25, 0.3) is 0 Å². The van der Waals surface area contributed by atoms with Gasteiger partial charge < -0.3 is 5.11 Å². The average Bonchev–Trinajstić information content (AvgIpc) is 2.33. The van der Waals surface area contributed by atoms with E-state index in [1.165, 1.54) is 0 Å². The van der Waals surface area contributed by atoms with Crippen molar-refractivity contribution < 1.29 is 18.3 Å². The average molecular weight is 215 g/mol. The number of likely N-dealkylation sites (tertiary alicyclic amines) is 1. The highest BCUT2D eigenvalue weighted by Gasteiger charge is 2.28. The lowest BCUT2D eigenvalue weighted by atomic mass is 10.3. The molecule has 1 rings (SSSR count). The van der Waals surface area contributed by atoms with E-state index in [-0.39, 0.29) is 23.6 Å². The van der Waals surface area contributed by atoms with Gasteiger partial charge in [0, 0.05) is 25.4 Å². The van der Waals surface area contributed by atoms with Gasteiger partial charge >= 0.3 is 5.51 Å². The third-order valence-corrected chi connectivity index (χ3v) is 2.63. The molecule has 0 aromatic rings. The zero-order valence-electron chi connectivity index (χ0n) is 7.05. The lowest BCUT2D eigenvalue weighted by molar-refractivity contribution is -0.0328. The molecule has 0 aromatic carbocycles. The first kappa shape index (κ1) is 11.1. The fourth-order valence-corrected chi connectivity index (χ4v) is 1.89. The molecule has 1 atom stereocenters. The minimum atomic E-state index is -4.13. The Morgan fingerprint density at radius 3 is 2.62 bits per heavy atom. The predicted molar refractivity (Wildman–Crippen MR) is 45.6 cm³/mol. The summed E-state index contributed by atoms with van der Waals surface area (Å²) < 4.78 is 35.1. The molecule has 1 aliphatic heterocycles. The number of alkyl halides is 3. The van der Waals surface area contributed by atoms with Crippen LogP contribution in [0.4, 0.5) is 13.2 Å². The Bertz CT molecular complexity index is 164. The van der Waals surface area contributed by atoms with E-state index >= 15 is 0 Å². The van der Waals surface area contributed by atoms with Gasteiger partial charge in [-0.3, -0.25) is 4.90 Å². The molecule has 0 spiro atoms. The topological polar surface area (TPSA) is 23.5 Å². The normalized spacial score (nSPS) is 25.4. The summed E-state index contributed by atoms with van der Waals surface area (Å²) in [5.74, 6) is 0.0518. The highest BCUT2D eigenvalue weighted by atomic mass is 32.2. The summed E-state index contributed by atoms with van der Waals surface area (Å²) in [5, 5.41) is 9.09. The van der Waals surface area contributed by atoms with Gasteiger partial charge in [-0.2, -0.15) is 13.2 Å². The van der Waals surface area contributed by atoms with Gasteiger partial charge in [-0.15, -0.1) is 0 Å². The fourth-order valence-electron chi connectivity index (χ4n) is 1.31.